The van der Waals surface area contributed by atoms with Crippen LogP contribution in [0.4, 0.5) is 11.4 Å². The molecule has 0 saturated heterocycles. The van der Waals surface area contributed by atoms with Crippen molar-refractivity contribution >= 4 is 38.2 Å². The van der Waals surface area contributed by atoms with Crippen LogP contribution in [0.15, 0.2) is 48.7 Å². The van der Waals surface area contributed by atoms with Crippen molar-refractivity contribution in [1.29, 1.82) is 0 Å². The fraction of sp³-hybridized carbons (Fsp3) is 0.345. The first kappa shape index (κ1) is 30.8. The molecule has 4 N–H and O–H groups in total. The van der Waals surface area contributed by atoms with Gasteiger partial charge >= 0.3 is 0 Å². The summed E-state index contributed by atoms with van der Waals surface area (Å²) in [6.07, 6.45) is 2.65. The molecule has 0 spiro atoms. The minimum Gasteiger partial charge on any atom is -0.492 e. The van der Waals surface area contributed by atoms with Crippen LogP contribution < -0.4 is 24.8 Å². The van der Waals surface area contributed by atoms with Crippen molar-refractivity contribution in [2.45, 2.75) is 32.7 Å². The SMILES string of the molecule is COc1c(NC(=O)c2cc3cccc(Oc4ccnc(CNCCO)n4)c3n2C)cc(C(C)(C)C)cc1NS(C)(=O)=O. The molecular formula is C29H36N6O6S. The topological polar surface area (TPSA) is 157 Å². The normalized spacial score (nSPS) is 11.9. The van der Waals surface area contributed by atoms with Crippen LogP contribution in [-0.2, 0) is 29.0 Å². The summed E-state index contributed by atoms with van der Waals surface area (Å²) in [6, 6.07) is 12.4. The third kappa shape index (κ3) is 7.16. The smallest absolute Gasteiger partial charge is 0.272 e. The number of aryl methyl sites for hydroxylation is 1. The van der Waals surface area contributed by atoms with E-state index in [-0.39, 0.29) is 23.5 Å². The third-order valence-electron chi connectivity index (χ3n) is 6.42. The van der Waals surface area contributed by atoms with Crippen molar-refractivity contribution in [3.8, 4) is 17.4 Å². The number of aliphatic hydroxyl groups is 1. The minimum atomic E-state index is -3.62. The van der Waals surface area contributed by atoms with Crippen molar-refractivity contribution < 1.29 is 27.8 Å². The van der Waals surface area contributed by atoms with E-state index in [2.05, 4.69) is 25.3 Å². The Balaban J connectivity index is 1.69. The molecule has 224 valence electrons. The third-order valence-corrected chi connectivity index (χ3v) is 7.01. The second-order valence-electron chi connectivity index (χ2n) is 10.8. The molecule has 1 amide bonds. The van der Waals surface area contributed by atoms with Gasteiger partial charge in [0.2, 0.25) is 15.9 Å². The van der Waals surface area contributed by atoms with Crippen LogP contribution in [0.25, 0.3) is 10.9 Å². The van der Waals surface area contributed by atoms with Gasteiger partial charge in [-0.15, -0.1) is 0 Å². The van der Waals surface area contributed by atoms with Crippen molar-refractivity contribution in [3.63, 3.8) is 0 Å². The van der Waals surface area contributed by atoms with Gasteiger partial charge in [-0.05, 0) is 35.2 Å². The maximum absolute atomic E-state index is 13.7. The summed E-state index contributed by atoms with van der Waals surface area (Å²) in [5.74, 6) is 1.11. The van der Waals surface area contributed by atoms with E-state index in [0.717, 1.165) is 17.2 Å². The van der Waals surface area contributed by atoms with Gasteiger partial charge in [-0.25, -0.2) is 13.4 Å². The van der Waals surface area contributed by atoms with E-state index in [9.17, 15) is 13.2 Å². The van der Waals surface area contributed by atoms with E-state index in [1.165, 1.54) is 7.11 Å². The molecule has 0 aliphatic carbocycles. The number of nitrogens with one attached hydrogen (secondary N) is 3. The van der Waals surface area contributed by atoms with E-state index in [1.54, 1.807) is 48.1 Å². The van der Waals surface area contributed by atoms with E-state index < -0.39 is 15.9 Å². The molecule has 4 rings (SSSR count). The Bertz CT molecular complexity index is 1710. The number of carbonyl (C=O) groups excluding carboxylic acids is 1. The second kappa shape index (κ2) is 12.3. The zero-order chi connectivity index (χ0) is 30.7. The highest BCUT2D eigenvalue weighted by Crippen LogP contribution is 2.39. The molecular weight excluding hydrogens is 560 g/mol. The molecule has 42 heavy (non-hydrogen) atoms. The number of anilines is 2. The van der Waals surface area contributed by atoms with Gasteiger partial charge in [-0.1, -0.05) is 32.9 Å². The van der Waals surface area contributed by atoms with Gasteiger partial charge in [0.15, 0.2) is 11.5 Å². The summed E-state index contributed by atoms with van der Waals surface area (Å²) in [5, 5.41) is 15.7. The number of sulfonamides is 1. The predicted octanol–water partition coefficient (Wildman–Crippen LogP) is 3.77. The van der Waals surface area contributed by atoms with Gasteiger partial charge in [0.1, 0.15) is 11.5 Å². The Morgan fingerprint density at radius 1 is 1.12 bits per heavy atom. The van der Waals surface area contributed by atoms with Gasteiger partial charge in [-0.2, -0.15) is 4.98 Å². The molecule has 0 aliphatic rings. The first-order chi connectivity index (χ1) is 19.8. The number of hydrogen-bond donors (Lipinski definition) is 4. The number of hydrogen-bond acceptors (Lipinski definition) is 9. The zero-order valence-electron chi connectivity index (χ0n) is 24.5. The first-order valence-electron chi connectivity index (χ1n) is 13.2. The molecule has 0 bridgehead atoms. The van der Waals surface area contributed by atoms with Crippen molar-refractivity contribution in [3.05, 3.63) is 65.7 Å². The number of rotatable bonds is 11. The molecule has 12 nitrogen and oxygen atoms in total. The van der Waals surface area contributed by atoms with Crippen LogP contribution >= 0.6 is 0 Å². The fourth-order valence-electron chi connectivity index (χ4n) is 4.43. The fourth-order valence-corrected chi connectivity index (χ4v) is 4.98. The number of methoxy groups -OCH3 is 1. The standard InChI is InChI=1S/C29H36N6O6S/c1-29(2,3)19-15-20(27(40-5)21(16-19)34-42(6,38)39)32-28(37)22-14-18-8-7-9-23(26(18)35(22)4)41-25-10-11-31-24(33-25)17-30-12-13-36/h7-11,14-16,30,34,36H,12-13,17H2,1-6H3,(H,32,37). The van der Waals surface area contributed by atoms with Gasteiger partial charge in [0.05, 0.1) is 43.4 Å². The van der Waals surface area contributed by atoms with Crippen molar-refractivity contribution in [2.75, 3.05) is 36.6 Å². The van der Waals surface area contributed by atoms with E-state index in [4.69, 9.17) is 14.6 Å². The van der Waals surface area contributed by atoms with Crippen LogP contribution in [0.5, 0.6) is 17.4 Å². The number of para-hydroxylation sites is 1. The zero-order valence-corrected chi connectivity index (χ0v) is 25.3. The van der Waals surface area contributed by atoms with Gasteiger partial charge in [-0.3, -0.25) is 9.52 Å². The molecule has 0 unspecified atom stereocenters. The van der Waals surface area contributed by atoms with Gasteiger partial charge < -0.3 is 29.8 Å². The largest absolute Gasteiger partial charge is 0.492 e. The number of fused-ring (bicyclic) bond motifs is 1. The summed E-state index contributed by atoms with van der Waals surface area (Å²) in [7, 11) is -0.445. The Hall–Kier alpha value is -4.20. The van der Waals surface area contributed by atoms with E-state index >= 15 is 0 Å². The van der Waals surface area contributed by atoms with Crippen molar-refractivity contribution in [1.82, 2.24) is 19.9 Å². The number of aromatic nitrogens is 3. The summed E-state index contributed by atoms with van der Waals surface area (Å²) >= 11 is 0. The number of amides is 1. The maximum Gasteiger partial charge on any atom is 0.272 e. The Labute approximate surface area is 245 Å². The lowest BCUT2D eigenvalue weighted by atomic mass is 9.86. The summed E-state index contributed by atoms with van der Waals surface area (Å²) < 4.78 is 40.0. The highest BCUT2D eigenvalue weighted by molar-refractivity contribution is 7.92. The highest BCUT2D eigenvalue weighted by atomic mass is 32.2. The lowest BCUT2D eigenvalue weighted by Crippen LogP contribution is -2.19. The van der Waals surface area contributed by atoms with E-state index in [0.29, 0.717) is 47.4 Å². The van der Waals surface area contributed by atoms with Crippen LogP contribution in [0.2, 0.25) is 0 Å². The monoisotopic (exact) mass is 596 g/mol. The molecule has 0 atom stereocenters. The molecule has 2 aromatic heterocycles. The molecule has 4 aromatic rings. The quantitative estimate of drug-likeness (QED) is 0.189. The number of ether oxygens (including phenoxy) is 2. The number of nitrogens with zero attached hydrogens (tertiary/aromatic N) is 3. The summed E-state index contributed by atoms with van der Waals surface area (Å²) in [4.78, 5) is 22.3. The average Bonchev–Trinajstić information content (AvgIpc) is 3.25. The summed E-state index contributed by atoms with van der Waals surface area (Å²) in [6.45, 7) is 6.77. The molecule has 0 aliphatic heterocycles. The van der Waals surface area contributed by atoms with Gasteiger partial charge in [0, 0.05) is 31.2 Å². The highest BCUT2D eigenvalue weighted by Gasteiger charge is 2.24. The van der Waals surface area contributed by atoms with Crippen LogP contribution in [0.3, 0.4) is 0 Å². The van der Waals surface area contributed by atoms with Crippen LogP contribution in [0, 0.1) is 0 Å². The van der Waals surface area contributed by atoms with Crippen molar-refractivity contribution in [2.24, 2.45) is 7.05 Å². The van der Waals surface area contributed by atoms with Crippen LogP contribution in [-0.4, -0.2) is 60.5 Å². The van der Waals surface area contributed by atoms with Crippen LogP contribution in [0.1, 0.15) is 42.6 Å². The second-order valence-corrected chi connectivity index (χ2v) is 12.5. The number of carbonyl (C=O) groups is 1. The summed E-state index contributed by atoms with van der Waals surface area (Å²) in [5.41, 5.74) is 2.03. The molecule has 0 radical (unpaired) electrons. The average molecular weight is 597 g/mol. The lowest BCUT2D eigenvalue weighted by Gasteiger charge is -2.24. The lowest BCUT2D eigenvalue weighted by molar-refractivity contribution is 0.101. The predicted molar refractivity (Wildman–Crippen MR) is 162 cm³/mol. The molecule has 0 fully saturated rings. The first-order valence-corrected chi connectivity index (χ1v) is 15.1. The van der Waals surface area contributed by atoms with Gasteiger partial charge in [0.25, 0.3) is 5.91 Å². The Morgan fingerprint density at radius 2 is 1.86 bits per heavy atom. The maximum atomic E-state index is 13.7. The molecule has 2 heterocycles. The minimum absolute atomic E-state index is 0.00902. The molecule has 0 saturated carbocycles. The van der Waals surface area contributed by atoms with E-state index in [1.807, 2.05) is 32.9 Å². The molecule has 13 heteroatoms. The number of benzene rings is 2. The number of aliphatic hydroxyl groups excluding tert-OH is 1. The Kier molecular flexibility index (Phi) is 9.04. The molecule has 2 aromatic carbocycles. The Morgan fingerprint density at radius 3 is 2.52 bits per heavy atom.